The molecule has 0 saturated heterocycles. The van der Waals surface area contributed by atoms with Gasteiger partial charge >= 0.3 is 0 Å². The summed E-state index contributed by atoms with van der Waals surface area (Å²) >= 11 is 0. The maximum absolute atomic E-state index is 11.6. The number of imidazole rings is 1. The summed E-state index contributed by atoms with van der Waals surface area (Å²) in [5.41, 5.74) is 2.26. The van der Waals surface area contributed by atoms with Crippen LogP contribution in [0, 0.1) is 0 Å². The maximum atomic E-state index is 11.6. The molecule has 0 fully saturated rings. The molecule has 0 radical (unpaired) electrons. The molecule has 84 valence electrons. The number of anilines is 1. The van der Waals surface area contributed by atoms with E-state index in [1.807, 2.05) is 24.9 Å². The van der Waals surface area contributed by atoms with Gasteiger partial charge in [0.2, 0.25) is 0 Å². The standard InChI is InChI=1S/C11H14N4O/c1-7-5-8(2)15-6-13-9(10(16)12-3)11(15)14(7)4/h5-6H,2H2,1,3-4H3,(H,12,16). The number of nitrogens with one attached hydrogen (secondary N) is 1. The lowest BCUT2D eigenvalue weighted by Crippen LogP contribution is -2.26. The summed E-state index contributed by atoms with van der Waals surface area (Å²) in [6.45, 7) is 5.89. The van der Waals surface area contributed by atoms with Crippen molar-refractivity contribution in [2.45, 2.75) is 6.92 Å². The van der Waals surface area contributed by atoms with Crippen LogP contribution in [-0.4, -0.2) is 29.6 Å². The highest BCUT2D eigenvalue weighted by Crippen LogP contribution is 2.30. The first-order valence-corrected chi connectivity index (χ1v) is 4.97. The van der Waals surface area contributed by atoms with Gasteiger partial charge in [-0.25, -0.2) is 4.98 Å². The van der Waals surface area contributed by atoms with Gasteiger partial charge in [-0.2, -0.15) is 0 Å². The van der Waals surface area contributed by atoms with E-state index in [-0.39, 0.29) is 5.91 Å². The van der Waals surface area contributed by atoms with Crippen LogP contribution in [0.5, 0.6) is 0 Å². The number of hydrogen-bond acceptors (Lipinski definition) is 3. The van der Waals surface area contributed by atoms with E-state index in [0.29, 0.717) is 5.69 Å². The van der Waals surface area contributed by atoms with Gasteiger partial charge in [-0.3, -0.25) is 9.36 Å². The molecule has 1 aliphatic rings. The van der Waals surface area contributed by atoms with E-state index in [9.17, 15) is 4.79 Å². The first kappa shape index (κ1) is 10.5. The molecule has 1 aromatic heterocycles. The molecule has 2 rings (SSSR count). The number of allylic oxidation sites excluding steroid dienone is 3. The zero-order chi connectivity index (χ0) is 11.9. The van der Waals surface area contributed by atoms with Gasteiger partial charge in [-0.15, -0.1) is 0 Å². The minimum Gasteiger partial charge on any atom is -0.354 e. The van der Waals surface area contributed by atoms with Crippen molar-refractivity contribution in [2.24, 2.45) is 0 Å². The third kappa shape index (κ3) is 1.32. The second-order valence-corrected chi connectivity index (χ2v) is 3.70. The van der Waals surface area contributed by atoms with E-state index < -0.39 is 0 Å². The Labute approximate surface area is 94.1 Å². The van der Waals surface area contributed by atoms with Crippen LogP contribution in [0.2, 0.25) is 0 Å². The van der Waals surface area contributed by atoms with Crippen molar-refractivity contribution in [2.75, 3.05) is 19.0 Å². The molecule has 5 nitrogen and oxygen atoms in total. The molecule has 1 aromatic rings. The van der Waals surface area contributed by atoms with Gasteiger partial charge in [0.1, 0.15) is 6.33 Å². The molecular formula is C11H14N4O. The molecular weight excluding hydrogens is 204 g/mol. The molecule has 0 atom stereocenters. The number of carbonyl (C=O) groups is 1. The largest absolute Gasteiger partial charge is 0.354 e. The van der Waals surface area contributed by atoms with Crippen LogP contribution in [0.25, 0.3) is 5.70 Å². The first-order valence-electron chi connectivity index (χ1n) is 4.97. The summed E-state index contributed by atoms with van der Waals surface area (Å²) in [5.74, 6) is 0.562. The van der Waals surface area contributed by atoms with Gasteiger partial charge in [0.15, 0.2) is 11.5 Å². The molecule has 0 aliphatic carbocycles. The number of hydrogen-bond donors (Lipinski definition) is 1. The third-order valence-electron chi connectivity index (χ3n) is 2.72. The lowest BCUT2D eigenvalue weighted by Gasteiger charge is -2.27. The Morgan fingerprint density at radius 2 is 2.25 bits per heavy atom. The molecule has 1 N–H and O–H groups in total. The molecule has 0 aromatic carbocycles. The van der Waals surface area contributed by atoms with Crippen molar-refractivity contribution in [3.8, 4) is 0 Å². The van der Waals surface area contributed by atoms with Gasteiger partial charge < -0.3 is 10.2 Å². The zero-order valence-electron chi connectivity index (χ0n) is 9.61. The Bertz CT molecular complexity index is 498. The Morgan fingerprint density at radius 3 is 2.88 bits per heavy atom. The van der Waals surface area contributed by atoms with Gasteiger partial charge in [-0.1, -0.05) is 6.58 Å². The minimum atomic E-state index is -0.192. The van der Waals surface area contributed by atoms with Crippen LogP contribution in [0.15, 0.2) is 24.7 Å². The van der Waals surface area contributed by atoms with Gasteiger partial charge in [0.25, 0.3) is 5.91 Å². The SMILES string of the molecule is C=C1C=C(C)N(C)c2c(C(=O)NC)ncn21. The molecule has 0 spiro atoms. The van der Waals surface area contributed by atoms with Crippen molar-refractivity contribution in [1.82, 2.24) is 14.9 Å². The van der Waals surface area contributed by atoms with E-state index in [1.165, 1.54) is 0 Å². The second-order valence-electron chi connectivity index (χ2n) is 3.70. The summed E-state index contributed by atoms with van der Waals surface area (Å²) < 4.78 is 1.80. The Morgan fingerprint density at radius 1 is 1.56 bits per heavy atom. The minimum absolute atomic E-state index is 0.192. The number of fused-ring (bicyclic) bond motifs is 1. The normalized spacial score (nSPS) is 14.6. The van der Waals surface area contributed by atoms with Crippen LogP contribution in [0.1, 0.15) is 17.4 Å². The molecule has 0 bridgehead atoms. The molecule has 16 heavy (non-hydrogen) atoms. The van der Waals surface area contributed by atoms with Crippen molar-refractivity contribution >= 4 is 17.4 Å². The van der Waals surface area contributed by atoms with Crippen LogP contribution in [0.4, 0.5) is 5.82 Å². The molecule has 1 aliphatic heterocycles. The van der Waals surface area contributed by atoms with E-state index in [2.05, 4.69) is 16.9 Å². The van der Waals surface area contributed by atoms with Crippen molar-refractivity contribution in [1.29, 1.82) is 0 Å². The highest BCUT2D eigenvalue weighted by Gasteiger charge is 2.24. The van der Waals surface area contributed by atoms with Crippen molar-refractivity contribution < 1.29 is 4.79 Å². The average molecular weight is 218 g/mol. The molecule has 2 heterocycles. The summed E-state index contributed by atoms with van der Waals surface area (Å²) in [6, 6.07) is 0. The predicted octanol–water partition coefficient (Wildman–Crippen LogP) is 1.07. The fraction of sp³-hybridized carbons (Fsp3) is 0.273. The van der Waals surface area contributed by atoms with E-state index in [0.717, 1.165) is 17.2 Å². The predicted molar refractivity (Wildman–Crippen MR) is 63.1 cm³/mol. The smallest absolute Gasteiger partial charge is 0.273 e. The van der Waals surface area contributed by atoms with Gasteiger partial charge in [0, 0.05) is 25.5 Å². The zero-order valence-corrected chi connectivity index (χ0v) is 9.61. The van der Waals surface area contributed by atoms with E-state index in [4.69, 9.17) is 0 Å². The lowest BCUT2D eigenvalue weighted by molar-refractivity contribution is 0.0959. The van der Waals surface area contributed by atoms with E-state index >= 15 is 0 Å². The molecule has 1 amide bonds. The Balaban J connectivity index is 2.59. The van der Waals surface area contributed by atoms with Crippen LogP contribution in [-0.2, 0) is 0 Å². The number of amides is 1. The summed E-state index contributed by atoms with van der Waals surface area (Å²) in [7, 11) is 3.49. The number of carbonyl (C=O) groups excluding carboxylic acids is 1. The van der Waals surface area contributed by atoms with E-state index in [1.54, 1.807) is 17.9 Å². The fourth-order valence-corrected chi connectivity index (χ4v) is 1.73. The van der Waals surface area contributed by atoms with Crippen LogP contribution >= 0.6 is 0 Å². The van der Waals surface area contributed by atoms with Gasteiger partial charge in [0.05, 0.1) is 0 Å². The summed E-state index contributed by atoms with van der Waals surface area (Å²) in [5, 5.41) is 2.58. The molecule has 0 saturated carbocycles. The fourth-order valence-electron chi connectivity index (χ4n) is 1.73. The monoisotopic (exact) mass is 218 g/mol. The number of nitrogens with zero attached hydrogens (tertiary/aromatic N) is 3. The van der Waals surface area contributed by atoms with Gasteiger partial charge in [-0.05, 0) is 13.0 Å². The molecule has 5 heteroatoms. The third-order valence-corrected chi connectivity index (χ3v) is 2.72. The average Bonchev–Trinajstić information content (AvgIpc) is 2.70. The van der Waals surface area contributed by atoms with Crippen LogP contribution < -0.4 is 10.2 Å². The highest BCUT2D eigenvalue weighted by molar-refractivity contribution is 5.98. The van der Waals surface area contributed by atoms with Crippen LogP contribution in [0.3, 0.4) is 0 Å². The maximum Gasteiger partial charge on any atom is 0.273 e. The second kappa shape index (κ2) is 3.52. The summed E-state index contributed by atoms with van der Waals surface area (Å²) in [4.78, 5) is 17.7. The highest BCUT2D eigenvalue weighted by atomic mass is 16.1. The lowest BCUT2D eigenvalue weighted by atomic mass is 10.2. The molecule has 0 unspecified atom stereocenters. The van der Waals surface area contributed by atoms with Crippen molar-refractivity contribution in [3.05, 3.63) is 30.4 Å². The van der Waals surface area contributed by atoms with Crippen molar-refractivity contribution in [3.63, 3.8) is 0 Å². The quantitative estimate of drug-likeness (QED) is 0.767. The Hall–Kier alpha value is -2.04. The Kier molecular flexibility index (Phi) is 2.30. The summed E-state index contributed by atoms with van der Waals surface area (Å²) in [6.07, 6.45) is 3.56. The first-order chi connectivity index (χ1) is 7.56. The topological polar surface area (TPSA) is 50.2 Å². The number of aromatic nitrogens is 2. The number of rotatable bonds is 1.